The van der Waals surface area contributed by atoms with Gasteiger partial charge in [0.05, 0.1) is 5.60 Å². The van der Waals surface area contributed by atoms with Crippen LogP contribution >= 0.6 is 0 Å². The summed E-state index contributed by atoms with van der Waals surface area (Å²) in [5.74, 6) is 0.344. The maximum Gasteiger partial charge on any atom is 0.289 e. The molecule has 1 atom stereocenters. The topological polar surface area (TPSA) is 69.8 Å². The number of aliphatic hydroxyl groups is 1. The summed E-state index contributed by atoms with van der Waals surface area (Å²) in [7, 11) is 0. The van der Waals surface area contributed by atoms with Crippen molar-refractivity contribution in [3.63, 3.8) is 0 Å². The predicted molar refractivity (Wildman–Crippen MR) is 123 cm³/mol. The molecular formula is C26H31N3O3. The van der Waals surface area contributed by atoms with Crippen LogP contribution in [0.2, 0.25) is 0 Å². The lowest BCUT2D eigenvalue weighted by atomic mass is 9.88. The van der Waals surface area contributed by atoms with Crippen molar-refractivity contribution in [2.75, 3.05) is 26.2 Å². The molecule has 0 aliphatic carbocycles. The second-order valence-corrected chi connectivity index (χ2v) is 9.34. The van der Waals surface area contributed by atoms with Crippen molar-refractivity contribution in [3.05, 3.63) is 65.7 Å². The molecule has 0 saturated carbocycles. The molecule has 0 unspecified atom stereocenters. The van der Waals surface area contributed by atoms with Gasteiger partial charge in [-0.25, -0.2) is 0 Å². The van der Waals surface area contributed by atoms with Crippen LogP contribution in [0, 0.1) is 6.92 Å². The van der Waals surface area contributed by atoms with Gasteiger partial charge in [0.1, 0.15) is 5.58 Å². The van der Waals surface area contributed by atoms with Crippen molar-refractivity contribution >= 4 is 16.9 Å². The van der Waals surface area contributed by atoms with Gasteiger partial charge in [-0.2, -0.15) is 0 Å². The number of carbonyl (C=O) groups is 1. The zero-order valence-corrected chi connectivity index (χ0v) is 18.7. The molecule has 0 radical (unpaired) electrons. The van der Waals surface area contributed by atoms with Gasteiger partial charge in [-0.05, 0) is 56.8 Å². The van der Waals surface area contributed by atoms with E-state index in [9.17, 15) is 9.90 Å². The lowest BCUT2D eigenvalue weighted by Gasteiger charge is -2.44. The summed E-state index contributed by atoms with van der Waals surface area (Å²) in [6.45, 7) is 4.64. The summed E-state index contributed by atoms with van der Waals surface area (Å²) in [5, 5.41) is 12.4. The molecule has 1 amide bonds. The van der Waals surface area contributed by atoms with E-state index in [0.717, 1.165) is 35.9 Å². The fourth-order valence-electron chi connectivity index (χ4n) is 5.31. The van der Waals surface area contributed by atoms with E-state index in [-0.39, 0.29) is 5.91 Å². The van der Waals surface area contributed by atoms with E-state index >= 15 is 0 Å². The highest BCUT2D eigenvalue weighted by Crippen LogP contribution is 2.34. The third kappa shape index (κ3) is 4.05. The van der Waals surface area contributed by atoms with E-state index in [1.807, 2.05) is 48.4 Å². The third-order valence-corrected chi connectivity index (χ3v) is 7.20. The van der Waals surface area contributed by atoms with Gasteiger partial charge in [0.2, 0.25) is 0 Å². The average molecular weight is 434 g/mol. The number of aryl methyl sites for hydroxylation is 1. The number of hydrogen-bond acceptors (Lipinski definition) is 5. The zero-order chi connectivity index (χ0) is 22.1. The summed E-state index contributed by atoms with van der Waals surface area (Å²) in [4.78, 5) is 21.7. The maximum absolute atomic E-state index is 13.2. The molecule has 4 heterocycles. The van der Waals surface area contributed by atoms with Crippen molar-refractivity contribution in [1.29, 1.82) is 0 Å². The fourth-order valence-corrected chi connectivity index (χ4v) is 5.31. The molecule has 3 aromatic rings. The van der Waals surface area contributed by atoms with Gasteiger partial charge in [-0.15, -0.1) is 0 Å². The Bertz CT molecular complexity index is 1090. The van der Waals surface area contributed by atoms with Crippen molar-refractivity contribution in [2.24, 2.45) is 0 Å². The molecule has 5 rings (SSSR count). The number of piperidine rings is 2. The van der Waals surface area contributed by atoms with Crippen molar-refractivity contribution in [3.8, 4) is 0 Å². The van der Waals surface area contributed by atoms with Gasteiger partial charge in [-0.3, -0.25) is 14.7 Å². The molecule has 2 aliphatic rings. The Morgan fingerprint density at radius 3 is 2.72 bits per heavy atom. The van der Waals surface area contributed by atoms with Crippen LogP contribution in [0.15, 0.2) is 53.2 Å². The first-order valence-electron chi connectivity index (χ1n) is 11.7. The Kier molecular flexibility index (Phi) is 5.74. The number of likely N-dealkylation sites (tertiary alicyclic amines) is 2. The van der Waals surface area contributed by atoms with Crippen molar-refractivity contribution in [1.82, 2.24) is 14.8 Å². The first-order chi connectivity index (χ1) is 15.5. The first kappa shape index (κ1) is 21.2. The van der Waals surface area contributed by atoms with Gasteiger partial charge >= 0.3 is 0 Å². The van der Waals surface area contributed by atoms with Gasteiger partial charge in [0, 0.05) is 49.0 Å². The monoisotopic (exact) mass is 433 g/mol. The third-order valence-electron chi connectivity index (χ3n) is 7.20. The largest absolute Gasteiger partial charge is 0.451 e. The zero-order valence-electron chi connectivity index (χ0n) is 18.7. The minimum atomic E-state index is -0.780. The number of amides is 1. The molecular weight excluding hydrogens is 402 g/mol. The lowest BCUT2D eigenvalue weighted by molar-refractivity contribution is -0.0543. The molecule has 6 nitrogen and oxygen atoms in total. The van der Waals surface area contributed by atoms with Crippen LogP contribution in [0.3, 0.4) is 0 Å². The number of pyridine rings is 1. The van der Waals surface area contributed by atoms with E-state index in [1.54, 1.807) is 6.20 Å². The minimum Gasteiger partial charge on any atom is -0.451 e. The van der Waals surface area contributed by atoms with Gasteiger partial charge < -0.3 is 14.4 Å². The Morgan fingerprint density at radius 2 is 1.97 bits per heavy atom. The Labute approximate surface area is 188 Å². The molecule has 0 bridgehead atoms. The Morgan fingerprint density at radius 1 is 1.16 bits per heavy atom. The van der Waals surface area contributed by atoms with Crippen LogP contribution in [0.5, 0.6) is 0 Å². The first-order valence-corrected chi connectivity index (χ1v) is 11.7. The van der Waals surface area contributed by atoms with Crippen LogP contribution in [-0.2, 0) is 0 Å². The standard InChI is InChI=1S/C26H31N3O3/c1-19-21-8-2-3-10-23(21)32-24(19)25(30)28-15-11-26(31,12-16-28)18-29-14-5-4-9-22(29)20-7-6-13-27-17-20/h2-3,6-8,10,13,17,22,31H,4-5,9,11-12,14-16,18H2,1H3/t22-/m1/s1. The number of aromatic nitrogens is 1. The highest BCUT2D eigenvalue weighted by atomic mass is 16.3. The number of hydrogen-bond donors (Lipinski definition) is 1. The normalized spacial score (nSPS) is 21.7. The Hall–Kier alpha value is -2.70. The highest BCUT2D eigenvalue weighted by molar-refractivity contribution is 5.98. The van der Waals surface area contributed by atoms with E-state index < -0.39 is 5.60 Å². The lowest BCUT2D eigenvalue weighted by Crippen LogP contribution is -2.53. The molecule has 6 heteroatoms. The number of fused-ring (bicyclic) bond motifs is 1. The summed E-state index contributed by atoms with van der Waals surface area (Å²) < 4.78 is 5.88. The molecule has 2 aliphatic heterocycles. The van der Waals surface area contributed by atoms with E-state index in [1.165, 1.54) is 12.0 Å². The minimum absolute atomic E-state index is 0.0769. The maximum atomic E-state index is 13.2. The predicted octanol–water partition coefficient (Wildman–Crippen LogP) is 4.33. The van der Waals surface area contributed by atoms with Gasteiger partial charge in [-0.1, -0.05) is 30.7 Å². The van der Waals surface area contributed by atoms with Crippen LogP contribution < -0.4 is 0 Å². The van der Waals surface area contributed by atoms with Crippen LogP contribution in [0.4, 0.5) is 0 Å². The van der Waals surface area contributed by atoms with E-state index in [2.05, 4.69) is 16.0 Å². The molecule has 1 N–H and O–H groups in total. The van der Waals surface area contributed by atoms with Crippen LogP contribution in [0.1, 0.15) is 59.8 Å². The molecule has 2 aromatic heterocycles. The second-order valence-electron chi connectivity index (χ2n) is 9.34. The highest BCUT2D eigenvalue weighted by Gasteiger charge is 2.38. The molecule has 2 fully saturated rings. The SMILES string of the molecule is Cc1c(C(=O)N2CCC(O)(CN3CCCC[C@@H]3c3cccnc3)CC2)oc2ccccc12. The van der Waals surface area contributed by atoms with Crippen LogP contribution in [0.25, 0.3) is 11.0 Å². The summed E-state index contributed by atoms with van der Waals surface area (Å²) in [5.41, 5.74) is 2.08. The number of β-amino-alcohol motifs (C(OH)–C–C–N with tert-alkyl or cyclic N) is 1. The number of benzene rings is 1. The van der Waals surface area contributed by atoms with Gasteiger partial charge in [0.15, 0.2) is 5.76 Å². The smallest absolute Gasteiger partial charge is 0.289 e. The van der Waals surface area contributed by atoms with Gasteiger partial charge in [0.25, 0.3) is 5.91 Å². The van der Waals surface area contributed by atoms with Crippen molar-refractivity contribution in [2.45, 2.75) is 50.7 Å². The molecule has 2 saturated heterocycles. The number of rotatable bonds is 4. The quantitative estimate of drug-likeness (QED) is 0.663. The number of carbonyl (C=O) groups excluding carboxylic acids is 1. The number of nitrogens with zero attached hydrogens (tertiary/aromatic N) is 3. The summed E-state index contributed by atoms with van der Waals surface area (Å²) >= 11 is 0. The summed E-state index contributed by atoms with van der Waals surface area (Å²) in [6, 6.07) is 12.2. The molecule has 0 spiro atoms. The molecule has 1 aromatic carbocycles. The summed E-state index contributed by atoms with van der Waals surface area (Å²) in [6.07, 6.45) is 8.36. The van der Waals surface area contributed by atoms with E-state index in [4.69, 9.17) is 4.42 Å². The Balaban J connectivity index is 1.26. The van der Waals surface area contributed by atoms with Crippen molar-refractivity contribution < 1.29 is 14.3 Å². The number of para-hydroxylation sites is 1. The number of furan rings is 1. The molecule has 168 valence electrons. The fraction of sp³-hybridized carbons (Fsp3) is 0.462. The second kappa shape index (κ2) is 8.68. The average Bonchev–Trinajstić information content (AvgIpc) is 3.16. The molecule has 32 heavy (non-hydrogen) atoms. The van der Waals surface area contributed by atoms with E-state index in [0.29, 0.717) is 44.3 Å². The van der Waals surface area contributed by atoms with Crippen LogP contribution in [-0.4, -0.2) is 57.6 Å².